The molecule has 0 aliphatic carbocycles. The number of ether oxygens (including phenoxy) is 1. The molecule has 0 bridgehead atoms. The standard InChI is InChI=1S/C22H17ClN4O4S/c23-17-9-8-16(32-17)20(28)26-15-3-1-2-14-19(15)22(30)27(21(14)29)10-12-4-6-13(7-5-12)31-11-18(24)25/h1-9H,10-11H2,(H3,24,25)(H,26,28). The van der Waals surface area contributed by atoms with Gasteiger partial charge < -0.3 is 15.8 Å². The first-order valence-corrected chi connectivity index (χ1v) is 10.6. The van der Waals surface area contributed by atoms with Gasteiger partial charge in [0.05, 0.1) is 32.6 Å². The van der Waals surface area contributed by atoms with Gasteiger partial charge >= 0.3 is 0 Å². The summed E-state index contributed by atoms with van der Waals surface area (Å²) in [5.41, 5.74) is 6.66. The number of fused-ring (bicyclic) bond motifs is 1. The molecule has 8 nitrogen and oxygen atoms in total. The second kappa shape index (κ2) is 8.81. The van der Waals surface area contributed by atoms with E-state index in [-0.39, 0.29) is 35.8 Å². The lowest BCUT2D eigenvalue weighted by Gasteiger charge is -2.14. The quantitative estimate of drug-likeness (QED) is 0.276. The lowest BCUT2D eigenvalue weighted by atomic mass is 10.1. The summed E-state index contributed by atoms with van der Waals surface area (Å²) in [5, 5.41) is 9.90. The molecular formula is C22H17ClN4O4S. The van der Waals surface area contributed by atoms with E-state index in [0.717, 1.165) is 16.2 Å². The lowest BCUT2D eigenvalue weighted by molar-refractivity contribution is 0.0642. The third-order valence-corrected chi connectivity index (χ3v) is 5.93. The van der Waals surface area contributed by atoms with Crippen LogP contribution in [0.3, 0.4) is 0 Å². The van der Waals surface area contributed by atoms with Crippen LogP contribution in [-0.2, 0) is 6.54 Å². The van der Waals surface area contributed by atoms with Crippen LogP contribution in [0.4, 0.5) is 5.69 Å². The molecule has 1 aromatic heterocycles. The third-order valence-electron chi connectivity index (χ3n) is 4.70. The number of thiophene rings is 1. The van der Waals surface area contributed by atoms with Crippen LogP contribution in [0.2, 0.25) is 4.34 Å². The molecular weight excluding hydrogens is 452 g/mol. The maximum atomic E-state index is 13.1. The summed E-state index contributed by atoms with van der Waals surface area (Å²) in [6.07, 6.45) is 0. The molecule has 2 aromatic carbocycles. The van der Waals surface area contributed by atoms with E-state index in [4.69, 9.17) is 27.5 Å². The number of carbonyl (C=O) groups is 3. The molecule has 0 saturated heterocycles. The number of hydrogen-bond donors (Lipinski definition) is 3. The number of benzene rings is 2. The Bertz CT molecular complexity index is 1240. The second-order valence-electron chi connectivity index (χ2n) is 6.94. The molecule has 10 heteroatoms. The number of nitrogens with one attached hydrogen (secondary N) is 2. The maximum absolute atomic E-state index is 13.1. The van der Waals surface area contributed by atoms with Crippen LogP contribution < -0.4 is 15.8 Å². The minimum absolute atomic E-state index is 0.0239. The van der Waals surface area contributed by atoms with Crippen molar-refractivity contribution in [2.24, 2.45) is 5.73 Å². The molecule has 0 saturated carbocycles. The number of nitrogens with two attached hydrogens (primary N) is 1. The fourth-order valence-corrected chi connectivity index (χ4v) is 4.17. The van der Waals surface area contributed by atoms with Gasteiger partial charge in [0.1, 0.15) is 18.2 Å². The molecule has 0 unspecified atom stereocenters. The second-order valence-corrected chi connectivity index (χ2v) is 8.66. The fraction of sp³-hybridized carbons (Fsp3) is 0.0909. The Morgan fingerprint density at radius 2 is 1.84 bits per heavy atom. The van der Waals surface area contributed by atoms with Gasteiger partial charge in [-0.25, -0.2) is 0 Å². The van der Waals surface area contributed by atoms with E-state index < -0.39 is 17.7 Å². The molecule has 2 heterocycles. The summed E-state index contributed by atoms with van der Waals surface area (Å²) in [4.78, 5) is 40.0. The zero-order valence-electron chi connectivity index (χ0n) is 16.6. The molecule has 0 atom stereocenters. The first kappa shape index (κ1) is 21.5. The van der Waals surface area contributed by atoms with Gasteiger partial charge in [-0.15, -0.1) is 11.3 Å². The Morgan fingerprint density at radius 3 is 2.50 bits per heavy atom. The zero-order chi connectivity index (χ0) is 22.8. The van der Waals surface area contributed by atoms with Crippen molar-refractivity contribution in [3.05, 3.63) is 80.5 Å². The molecule has 4 rings (SSSR count). The van der Waals surface area contributed by atoms with Crippen LogP contribution in [0, 0.1) is 5.41 Å². The van der Waals surface area contributed by atoms with Gasteiger partial charge in [-0.1, -0.05) is 29.8 Å². The molecule has 0 spiro atoms. The Labute approximate surface area is 192 Å². The van der Waals surface area contributed by atoms with Crippen molar-refractivity contribution >= 4 is 52.2 Å². The highest BCUT2D eigenvalue weighted by atomic mass is 35.5. The van der Waals surface area contributed by atoms with E-state index in [2.05, 4.69) is 5.32 Å². The highest BCUT2D eigenvalue weighted by molar-refractivity contribution is 7.18. The van der Waals surface area contributed by atoms with Gasteiger partial charge in [-0.05, 0) is 42.0 Å². The smallest absolute Gasteiger partial charge is 0.265 e. The first-order chi connectivity index (χ1) is 15.3. The minimum atomic E-state index is -0.484. The summed E-state index contributed by atoms with van der Waals surface area (Å²) >= 11 is 7.01. The van der Waals surface area contributed by atoms with Crippen LogP contribution in [0.25, 0.3) is 0 Å². The van der Waals surface area contributed by atoms with Crippen LogP contribution in [0.15, 0.2) is 54.6 Å². The van der Waals surface area contributed by atoms with Crippen LogP contribution >= 0.6 is 22.9 Å². The topological polar surface area (TPSA) is 126 Å². The molecule has 0 radical (unpaired) electrons. The van der Waals surface area contributed by atoms with E-state index in [0.29, 0.717) is 20.5 Å². The molecule has 0 fully saturated rings. The van der Waals surface area contributed by atoms with Crippen LogP contribution in [0.5, 0.6) is 5.75 Å². The van der Waals surface area contributed by atoms with E-state index in [9.17, 15) is 14.4 Å². The lowest BCUT2D eigenvalue weighted by Crippen LogP contribution is -2.29. The van der Waals surface area contributed by atoms with Crippen LogP contribution in [0.1, 0.15) is 36.0 Å². The van der Waals surface area contributed by atoms with Crippen molar-refractivity contribution in [1.29, 1.82) is 5.41 Å². The number of amides is 3. The number of rotatable bonds is 7. The third kappa shape index (κ3) is 4.34. The highest BCUT2D eigenvalue weighted by Gasteiger charge is 2.37. The molecule has 162 valence electrons. The number of hydrogen-bond acceptors (Lipinski definition) is 6. The molecule has 1 aliphatic rings. The molecule has 3 amide bonds. The first-order valence-electron chi connectivity index (χ1n) is 9.44. The summed E-state index contributed by atoms with van der Waals surface area (Å²) in [5.74, 6) is -0.899. The van der Waals surface area contributed by atoms with E-state index in [1.165, 1.54) is 0 Å². The number of imide groups is 1. The minimum Gasteiger partial charge on any atom is -0.486 e. The van der Waals surface area contributed by atoms with Gasteiger partial charge in [0.2, 0.25) is 0 Å². The predicted molar refractivity (Wildman–Crippen MR) is 122 cm³/mol. The summed E-state index contributed by atoms with van der Waals surface area (Å²) in [7, 11) is 0. The van der Waals surface area contributed by atoms with Gasteiger partial charge in [0.15, 0.2) is 0 Å². The van der Waals surface area contributed by atoms with Crippen molar-refractivity contribution in [3.63, 3.8) is 0 Å². The monoisotopic (exact) mass is 468 g/mol. The largest absolute Gasteiger partial charge is 0.486 e. The van der Waals surface area contributed by atoms with Gasteiger partial charge in [0.25, 0.3) is 17.7 Å². The maximum Gasteiger partial charge on any atom is 0.265 e. The predicted octanol–water partition coefficient (Wildman–Crippen LogP) is 3.76. The molecule has 1 aliphatic heterocycles. The average molecular weight is 469 g/mol. The van der Waals surface area contributed by atoms with E-state index >= 15 is 0 Å². The van der Waals surface area contributed by atoms with Crippen molar-refractivity contribution < 1.29 is 19.1 Å². The van der Waals surface area contributed by atoms with Crippen LogP contribution in [-0.4, -0.2) is 35.1 Å². The SMILES string of the molecule is N=C(N)COc1ccc(CN2C(=O)c3cccc(NC(=O)c4ccc(Cl)s4)c3C2=O)cc1. The molecule has 4 N–H and O–H groups in total. The average Bonchev–Trinajstić information content (AvgIpc) is 3.31. The molecule has 3 aromatic rings. The number of anilines is 1. The number of halogens is 1. The summed E-state index contributed by atoms with van der Waals surface area (Å²) < 4.78 is 5.81. The van der Waals surface area contributed by atoms with E-state index in [1.54, 1.807) is 54.6 Å². The number of nitrogens with zero attached hydrogens (tertiary/aromatic N) is 1. The Balaban J connectivity index is 1.52. The highest BCUT2D eigenvalue weighted by Crippen LogP contribution is 2.31. The number of amidine groups is 1. The van der Waals surface area contributed by atoms with E-state index in [1.807, 2.05) is 0 Å². The van der Waals surface area contributed by atoms with Crippen molar-refractivity contribution in [2.75, 3.05) is 11.9 Å². The van der Waals surface area contributed by atoms with Crippen molar-refractivity contribution in [3.8, 4) is 5.75 Å². The van der Waals surface area contributed by atoms with Gasteiger partial charge in [-0.2, -0.15) is 0 Å². The Hall–Kier alpha value is -3.69. The number of carbonyl (C=O) groups excluding carboxylic acids is 3. The molecule has 32 heavy (non-hydrogen) atoms. The van der Waals surface area contributed by atoms with Crippen molar-refractivity contribution in [1.82, 2.24) is 4.90 Å². The van der Waals surface area contributed by atoms with Gasteiger partial charge in [-0.3, -0.25) is 24.7 Å². The Morgan fingerprint density at radius 1 is 1.09 bits per heavy atom. The zero-order valence-corrected chi connectivity index (χ0v) is 18.1. The Kier molecular flexibility index (Phi) is 5.93. The summed E-state index contributed by atoms with van der Waals surface area (Å²) in [6.45, 7) is 0.0389. The normalized spacial score (nSPS) is 12.6. The fourth-order valence-electron chi connectivity index (χ4n) is 3.24. The van der Waals surface area contributed by atoms with Crippen molar-refractivity contribution in [2.45, 2.75) is 6.54 Å². The summed E-state index contributed by atoms with van der Waals surface area (Å²) in [6, 6.07) is 14.8. The van der Waals surface area contributed by atoms with Gasteiger partial charge in [0, 0.05) is 0 Å².